The third-order valence-corrected chi connectivity index (χ3v) is 3.09. The SMILES string of the molecule is c1ccn(Cc2ccc(Cn3cccc3)cc2)c1. The van der Waals surface area contributed by atoms with E-state index in [4.69, 9.17) is 0 Å². The Balaban J connectivity index is 1.69. The molecule has 0 aliphatic carbocycles. The van der Waals surface area contributed by atoms with Gasteiger partial charge in [0.05, 0.1) is 0 Å². The Morgan fingerprint density at radius 3 is 1.22 bits per heavy atom. The molecule has 18 heavy (non-hydrogen) atoms. The Morgan fingerprint density at radius 2 is 0.889 bits per heavy atom. The quantitative estimate of drug-likeness (QED) is 0.657. The molecule has 0 spiro atoms. The molecule has 0 aliphatic rings. The van der Waals surface area contributed by atoms with Crippen molar-refractivity contribution in [3.8, 4) is 0 Å². The van der Waals surface area contributed by atoms with Gasteiger partial charge in [-0.1, -0.05) is 24.3 Å². The minimum Gasteiger partial charge on any atom is -0.350 e. The first-order valence-corrected chi connectivity index (χ1v) is 6.19. The summed E-state index contributed by atoms with van der Waals surface area (Å²) in [6, 6.07) is 17.1. The highest BCUT2D eigenvalue weighted by Gasteiger charge is 1.96. The molecule has 0 bridgehead atoms. The summed E-state index contributed by atoms with van der Waals surface area (Å²) in [7, 11) is 0. The molecule has 0 saturated carbocycles. The van der Waals surface area contributed by atoms with Gasteiger partial charge in [0, 0.05) is 37.9 Å². The van der Waals surface area contributed by atoms with Crippen molar-refractivity contribution in [3.05, 3.63) is 84.4 Å². The van der Waals surface area contributed by atoms with Gasteiger partial charge in [0.15, 0.2) is 0 Å². The van der Waals surface area contributed by atoms with Crippen molar-refractivity contribution in [2.75, 3.05) is 0 Å². The van der Waals surface area contributed by atoms with Crippen molar-refractivity contribution in [1.82, 2.24) is 9.13 Å². The van der Waals surface area contributed by atoms with Gasteiger partial charge in [-0.15, -0.1) is 0 Å². The van der Waals surface area contributed by atoms with Gasteiger partial charge in [0.2, 0.25) is 0 Å². The summed E-state index contributed by atoms with van der Waals surface area (Å²) in [5.74, 6) is 0. The lowest BCUT2D eigenvalue weighted by Gasteiger charge is -2.06. The van der Waals surface area contributed by atoms with Crippen LogP contribution in [-0.4, -0.2) is 9.13 Å². The van der Waals surface area contributed by atoms with Gasteiger partial charge >= 0.3 is 0 Å². The second-order valence-corrected chi connectivity index (χ2v) is 4.53. The maximum atomic E-state index is 2.21. The van der Waals surface area contributed by atoms with Gasteiger partial charge in [-0.25, -0.2) is 0 Å². The van der Waals surface area contributed by atoms with Crippen LogP contribution in [0.3, 0.4) is 0 Å². The molecule has 0 radical (unpaired) electrons. The Morgan fingerprint density at radius 1 is 0.556 bits per heavy atom. The number of nitrogens with zero attached hydrogens (tertiary/aromatic N) is 2. The first-order valence-electron chi connectivity index (χ1n) is 6.19. The van der Waals surface area contributed by atoms with Gasteiger partial charge in [-0.3, -0.25) is 0 Å². The Kier molecular flexibility index (Phi) is 3.01. The summed E-state index contributed by atoms with van der Waals surface area (Å²) in [5.41, 5.74) is 2.67. The molecule has 0 amide bonds. The summed E-state index contributed by atoms with van der Waals surface area (Å²) < 4.78 is 4.36. The van der Waals surface area contributed by atoms with Crippen LogP contribution >= 0.6 is 0 Å². The predicted molar refractivity (Wildman–Crippen MR) is 73.5 cm³/mol. The topological polar surface area (TPSA) is 9.86 Å². The van der Waals surface area contributed by atoms with Crippen molar-refractivity contribution in [3.63, 3.8) is 0 Å². The molecule has 2 heteroatoms. The summed E-state index contributed by atoms with van der Waals surface area (Å²) >= 11 is 0. The normalized spacial score (nSPS) is 10.7. The van der Waals surface area contributed by atoms with E-state index in [1.807, 2.05) is 0 Å². The molecule has 90 valence electrons. The molecule has 2 heterocycles. The predicted octanol–water partition coefficient (Wildman–Crippen LogP) is 3.39. The van der Waals surface area contributed by atoms with Gasteiger partial charge < -0.3 is 9.13 Å². The number of hydrogen-bond acceptors (Lipinski definition) is 0. The molecule has 0 atom stereocenters. The number of hydrogen-bond donors (Lipinski definition) is 0. The zero-order valence-electron chi connectivity index (χ0n) is 10.2. The molecule has 0 aliphatic heterocycles. The van der Waals surface area contributed by atoms with Crippen molar-refractivity contribution in [2.45, 2.75) is 13.1 Å². The Hall–Kier alpha value is -2.22. The molecule has 1 aromatic carbocycles. The molecule has 0 unspecified atom stereocenters. The fourth-order valence-corrected chi connectivity index (χ4v) is 2.12. The maximum absolute atomic E-state index is 2.21. The molecule has 2 nitrogen and oxygen atoms in total. The van der Waals surface area contributed by atoms with Gasteiger partial charge in [0.1, 0.15) is 0 Å². The van der Waals surface area contributed by atoms with Crippen molar-refractivity contribution < 1.29 is 0 Å². The third-order valence-electron chi connectivity index (χ3n) is 3.09. The highest BCUT2D eigenvalue weighted by Crippen LogP contribution is 2.08. The second kappa shape index (κ2) is 4.96. The van der Waals surface area contributed by atoms with Crippen LogP contribution in [-0.2, 0) is 13.1 Å². The largest absolute Gasteiger partial charge is 0.350 e. The molecule has 0 saturated heterocycles. The first kappa shape index (κ1) is 10.9. The molecule has 3 rings (SSSR count). The third kappa shape index (κ3) is 2.54. The molecular weight excluding hydrogens is 220 g/mol. The zero-order chi connectivity index (χ0) is 12.2. The van der Waals surface area contributed by atoms with E-state index in [-0.39, 0.29) is 0 Å². The van der Waals surface area contributed by atoms with Gasteiger partial charge in [-0.05, 0) is 35.4 Å². The van der Waals surface area contributed by atoms with Crippen LogP contribution in [0.2, 0.25) is 0 Å². The monoisotopic (exact) mass is 236 g/mol. The molecule has 3 aromatic rings. The minimum atomic E-state index is 0.941. The standard InChI is InChI=1S/C16H16N2/c1-2-10-17(9-1)13-15-5-7-16(8-6-15)14-18-11-3-4-12-18/h1-12H,13-14H2. The second-order valence-electron chi connectivity index (χ2n) is 4.53. The summed E-state index contributed by atoms with van der Waals surface area (Å²) in [4.78, 5) is 0. The van der Waals surface area contributed by atoms with Crippen LogP contribution in [0.25, 0.3) is 0 Å². The summed E-state index contributed by atoms with van der Waals surface area (Å²) in [6.07, 6.45) is 8.36. The van der Waals surface area contributed by atoms with Gasteiger partial charge in [-0.2, -0.15) is 0 Å². The van der Waals surface area contributed by atoms with Crippen LogP contribution in [0.15, 0.2) is 73.3 Å². The smallest absolute Gasteiger partial charge is 0.0470 e. The fourth-order valence-electron chi connectivity index (χ4n) is 2.12. The molecule has 0 N–H and O–H groups in total. The summed E-state index contributed by atoms with van der Waals surface area (Å²) in [6.45, 7) is 1.88. The lowest BCUT2D eigenvalue weighted by Crippen LogP contribution is -1.98. The van der Waals surface area contributed by atoms with E-state index in [0.717, 1.165) is 13.1 Å². The lowest BCUT2D eigenvalue weighted by molar-refractivity contribution is 0.793. The summed E-state index contributed by atoms with van der Waals surface area (Å²) in [5, 5.41) is 0. The fraction of sp³-hybridized carbons (Fsp3) is 0.125. The number of benzene rings is 1. The highest BCUT2D eigenvalue weighted by atomic mass is 14.9. The first-order chi connectivity index (χ1) is 8.90. The van der Waals surface area contributed by atoms with Crippen LogP contribution < -0.4 is 0 Å². The minimum absolute atomic E-state index is 0.941. The van der Waals surface area contributed by atoms with E-state index >= 15 is 0 Å². The van der Waals surface area contributed by atoms with Crippen molar-refractivity contribution in [1.29, 1.82) is 0 Å². The zero-order valence-corrected chi connectivity index (χ0v) is 10.2. The average molecular weight is 236 g/mol. The molecule has 2 aromatic heterocycles. The van der Waals surface area contributed by atoms with Crippen LogP contribution in [0.1, 0.15) is 11.1 Å². The van der Waals surface area contributed by atoms with E-state index in [1.54, 1.807) is 0 Å². The number of rotatable bonds is 4. The van der Waals surface area contributed by atoms with E-state index in [0.29, 0.717) is 0 Å². The highest BCUT2D eigenvalue weighted by molar-refractivity contribution is 5.23. The van der Waals surface area contributed by atoms with Gasteiger partial charge in [0.25, 0.3) is 0 Å². The van der Waals surface area contributed by atoms with E-state index in [2.05, 4.69) is 82.5 Å². The van der Waals surface area contributed by atoms with Crippen LogP contribution in [0.4, 0.5) is 0 Å². The molecule has 0 fully saturated rings. The van der Waals surface area contributed by atoms with Crippen LogP contribution in [0.5, 0.6) is 0 Å². The molecular formula is C16H16N2. The lowest BCUT2D eigenvalue weighted by atomic mass is 10.1. The maximum Gasteiger partial charge on any atom is 0.0470 e. The number of aromatic nitrogens is 2. The van der Waals surface area contributed by atoms with E-state index < -0.39 is 0 Å². The van der Waals surface area contributed by atoms with E-state index in [1.165, 1.54) is 11.1 Å². The van der Waals surface area contributed by atoms with Crippen LogP contribution in [0, 0.1) is 0 Å². The van der Waals surface area contributed by atoms with Crippen molar-refractivity contribution in [2.24, 2.45) is 0 Å². The van der Waals surface area contributed by atoms with Crippen molar-refractivity contribution >= 4 is 0 Å². The van der Waals surface area contributed by atoms with E-state index in [9.17, 15) is 0 Å². The Labute approximate surface area is 107 Å². The average Bonchev–Trinajstić information content (AvgIpc) is 3.05. The Bertz CT molecular complexity index is 519.